The molecule has 1 saturated heterocycles. The molecule has 0 bridgehead atoms. The highest BCUT2D eigenvalue weighted by Crippen LogP contribution is 2.54. The number of alkyl halides is 7. The number of rotatable bonds is 7. The van der Waals surface area contributed by atoms with E-state index in [9.17, 15) is 53.5 Å². The van der Waals surface area contributed by atoms with Crippen molar-refractivity contribution in [2.75, 3.05) is 20.2 Å². The molecule has 1 aliphatic carbocycles. The zero-order chi connectivity index (χ0) is 32.7. The topological polar surface area (TPSA) is 97.8 Å². The van der Waals surface area contributed by atoms with Gasteiger partial charge < -0.3 is 9.64 Å². The van der Waals surface area contributed by atoms with Crippen molar-refractivity contribution in [3.8, 4) is 0 Å². The highest BCUT2D eigenvalue weighted by molar-refractivity contribution is 7.92. The lowest BCUT2D eigenvalue weighted by atomic mass is 9.81. The molecule has 1 saturated carbocycles. The third-order valence-corrected chi connectivity index (χ3v) is 11.0. The van der Waals surface area contributed by atoms with Crippen LogP contribution in [-0.2, 0) is 34.6 Å². The smallest absolute Gasteiger partial charge is 0.435 e. The summed E-state index contributed by atoms with van der Waals surface area (Å²) in [6, 6.07) is 6.73. The molecule has 0 radical (unpaired) electrons. The first-order chi connectivity index (χ1) is 20.4. The number of nitrogens with zero attached hydrogens (tertiary/aromatic N) is 1. The fourth-order valence-electron chi connectivity index (χ4n) is 6.05. The number of benzene rings is 2. The van der Waals surface area contributed by atoms with E-state index in [1.54, 1.807) is 0 Å². The van der Waals surface area contributed by atoms with E-state index in [0.29, 0.717) is 44.1 Å². The number of esters is 1. The van der Waals surface area contributed by atoms with Gasteiger partial charge in [-0.3, -0.25) is 14.4 Å². The van der Waals surface area contributed by atoms with Gasteiger partial charge in [0.1, 0.15) is 11.0 Å². The van der Waals surface area contributed by atoms with E-state index < -0.39 is 62.5 Å². The second-order valence-corrected chi connectivity index (χ2v) is 13.3. The van der Waals surface area contributed by atoms with Crippen LogP contribution in [-0.4, -0.2) is 64.0 Å². The van der Waals surface area contributed by atoms with Gasteiger partial charge in [0.15, 0.2) is 9.84 Å². The number of hydrogen-bond donors (Lipinski definition) is 0. The lowest BCUT2D eigenvalue weighted by Crippen LogP contribution is -2.50. The molecule has 44 heavy (non-hydrogen) atoms. The molecule has 1 heterocycles. The van der Waals surface area contributed by atoms with Crippen molar-refractivity contribution in [2.45, 2.75) is 59.8 Å². The number of ether oxygens (including phenoxy) is 1. The van der Waals surface area contributed by atoms with E-state index in [0.717, 1.165) is 6.07 Å². The minimum atomic E-state index is -6.37. The lowest BCUT2D eigenvalue weighted by Gasteiger charge is -2.33. The zero-order valence-electron chi connectivity index (χ0n) is 23.3. The van der Waals surface area contributed by atoms with Crippen molar-refractivity contribution in [3.05, 3.63) is 65.2 Å². The third kappa shape index (κ3) is 5.58. The van der Waals surface area contributed by atoms with E-state index in [4.69, 9.17) is 4.74 Å². The fraction of sp³-hybridized carbons (Fsp3) is 0.483. The van der Waals surface area contributed by atoms with E-state index in [1.807, 2.05) is 0 Å². The molecule has 2 aliphatic rings. The van der Waals surface area contributed by atoms with Crippen LogP contribution in [0.25, 0.3) is 0 Å². The minimum Gasteiger partial charge on any atom is -0.469 e. The fourth-order valence-corrected chi connectivity index (χ4v) is 8.19. The van der Waals surface area contributed by atoms with Gasteiger partial charge in [-0.15, -0.1) is 0 Å². The van der Waals surface area contributed by atoms with Gasteiger partial charge in [0.25, 0.3) is 0 Å². The highest BCUT2D eigenvalue weighted by Gasteiger charge is 2.73. The van der Waals surface area contributed by atoms with E-state index in [2.05, 4.69) is 0 Å². The van der Waals surface area contributed by atoms with Crippen LogP contribution in [0.5, 0.6) is 0 Å². The number of likely N-dealkylation sites (tertiary alicyclic amines) is 1. The Morgan fingerprint density at radius 3 is 2.00 bits per heavy atom. The average Bonchev–Trinajstić information content (AvgIpc) is 3.46. The summed E-state index contributed by atoms with van der Waals surface area (Å²) in [5.41, 5.74) is -7.77. The number of halogens is 7. The molecule has 1 aliphatic heterocycles. The number of sulfone groups is 1. The number of hydrogen-bond acceptors (Lipinski definition) is 6. The van der Waals surface area contributed by atoms with Gasteiger partial charge in [0.05, 0.1) is 17.9 Å². The summed E-state index contributed by atoms with van der Waals surface area (Å²) in [5.74, 6) is -1.76. The summed E-state index contributed by atoms with van der Waals surface area (Å²) in [5, 5.41) is 0. The Kier molecular flexibility index (Phi) is 8.95. The first-order valence-electron chi connectivity index (χ1n) is 13.5. The van der Waals surface area contributed by atoms with Gasteiger partial charge in [0.2, 0.25) is 5.91 Å². The Labute approximate surface area is 248 Å². The summed E-state index contributed by atoms with van der Waals surface area (Å²) >= 11 is 0. The van der Waals surface area contributed by atoms with E-state index in [1.165, 1.54) is 30.2 Å². The van der Waals surface area contributed by atoms with E-state index >= 15 is 0 Å². The maximum atomic E-state index is 14.7. The van der Waals surface area contributed by atoms with Crippen molar-refractivity contribution in [1.29, 1.82) is 0 Å². The number of carbonyl (C=O) groups is 3. The molecule has 0 N–H and O–H groups in total. The van der Waals surface area contributed by atoms with Crippen molar-refractivity contribution in [1.82, 2.24) is 4.90 Å². The van der Waals surface area contributed by atoms with Crippen LogP contribution >= 0.6 is 0 Å². The van der Waals surface area contributed by atoms with Gasteiger partial charge in [-0.25, -0.2) is 12.8 Å². The Bertz CT molecular complexity index is 1500. The standard InChI is InChI=1S/C29H28F7NO6S/c1-43-25(40)20-7-5-19(6-8-20)24(39)37-14-13-26(17-37,44(41,42)23-4-2-3-18(15-23)16-38)21-9-11-22(12-10-21)27(30,28(31,32)33)29(34,35)36/h2-4,9-12,15-16,19-20H,5-8,13-14,17H2,1H3. The van der Waals surface area contributed by atoms with Crippen LogP contribution in [0.2, 0.25) is 0 Å². The number of aldehydes is 1. The van der Waals surface area contributed by atoms with Crippen molar-refractivity contribution in [3.63, 3.8) is 0 Å². The van der Waals surface area contributed by atoms with Crippen molar-refractivity contribution >= 4 is 28.0 Å². The summed E-state index contributed by atoms with van der Waals surface area (Å²) in [4.78, 5) is 37.6. The summed E-state index contributed by atoms with van der Waals surface area (Å²) in [6.45, 7) is -0.628. The quantitative estimate of drug-likeness (QED) is 0.218. The molecule has 2 aromatic carbocycles. The minimum absolute atomic E-state index is 0.0116. The first-order valence-corrected chi connectivity index (χ1v) is 15.0. The van der Waals surface area contributed by atoms with Crippen LogP contribution < -0.4 is 0 Å². The van der Waals surface area contributed by atoms with Gasteiger partial charge in [0, 0.05) is 30.1 Å². The van der Waals surface area contributed by atoms with Crippen LogP contribution in [0, 0.1) is 11.8 Å². The summed E-state index contributed by atoms with van der Waals surface area (Å²) in [6.07, 6.45) is -11.3. The van der Waals surface area contributed by atoms with Crippen LogP contribution in [0.1, 0.15) is 53.6 Å². The Balaban J connectivity index is 1.75. The van der Waals surface area contributed by atoms with Crippen molar-refractivity contribution < 1.29 is 58.3 Å². The third-order valence-electron chi connectivity index (χ3n) is 8.56. The highest BCUT2D eigenvalue weighted by atomic mass is 32.2. The maximum Gasteiger partial charge on any atom is 0.435 e. The second kappa shape index (κ2) is 11.8. The SMILES string of the molecule is COC(=O)C1CCC(C(=O)N2CCC(c3ccc(C(F)(C(F)(F)F)C(F)(F)F)cc3)(S(=O)(=O)c3cccc(C=O)c3)C2)CC1. The molecule has 1 amide bonds. The molecular weight excluding hydrogens is 623 g/mol. The Morgan fingerprint density at radius 2 is 1.48 bits per heavy atom. The molecule has 2 fully saturated rings. The van der Waals surface area contributed by atoms with Crippen molar-refractivity contribution in [2.24, 2.45) is 11.8 Å². The molecule has 0 spiro atoms. The van der Waals surface area contributed by atoms with Crippen LogP contribution in [0.4, 0.5) is 30.7 Å². The number of carbonyl (C=O) groups excluding carboxylic acids is 3. The Morgan fingerprint density at radius 1 is 0.909 bits per heavy atom. The summed E-state index contributed by atoms with van der Waals surface area (Å²) < 4.78 is 126. The van der Waals surface area contributed by atoms with Gasteiger partial charge in [-0.1, -0.05) is 36.4 Å². The first kappa shape index (κ1) is 33.4. The van der Waals surface area contributed by atoms with E-state index in [-0.39, 0.29) is 47.0 Å². The molecular formula is C29H28F7NO6S. The van der Waals surface area contributed by atoms with Crippen LogP contribution in [0.15, 0.2) is 53.4 Å². The maximum absolute atomic E-state index is 14.7. The molecule has 4 rings (SSSR count). The molecule has 1 atom stereocenters. The average molecular weight is 652 g/mol. The number of amides is 1. The largest absolute Gasteiger partial charge is 0.469 e. The monoisotopic (exact) mass is 651 g/mol. The predicted octanol–water partition coefficient (Wildman–Crippen LogP) is 5.67. The van der Waals surface area contributed by atoms with Gasteiger partial charge in [-0.2, -0.15) is 26.3 Å². The zero-order valence-corrected chi connectivity index (χ0v) is 24.1. The predicted molar refractivity (Wildman–Crippen MR) is 141 cm³/mol. The molecule has 240 valence electrons. The molecule has 7 nitrogen and oxygen atoms in total. The normalized spacial score (nSPS) is 23.3. The summed E-state index contributed by atoms with van der Waals surface area (Å²) in [7, 11) is -3.31. The Hall–Kier alpha value is -3.49. The molecule has 0 aromatic heterocycles. The molecule has 2 aromatic rings. The van der Waals surface area contributed by atoms with Gasteiger partial charge >= 0.3 is 24.0 Å². The van der Waals surface area contributed by atoms with Crippen LogP contribution in [0.3, 0.4) is 0 Å². The molecule has 1 unspecified atom stereocenters. The lowest BCUT2D eigenvalue weighted by molar-refractivity contribution is -0.348. The number of methoxy groups -OCH3 is 1. The van der Waals surface area contributed by atoms with Gasteiger partial charge in [-0.05, 0) is 49.8 Å². The second-order valence-electron chi connectivity index (χ2n) is 11.0. The molecule has 15 heteroatoms.